The Kier molecular flexibility index (Phi) is 5.64. The zero-order valence-electron chi connectivity index (χ0n) is 16.8. The minimum atomic E-state index is -4.42. The molecule has 3 amide bonds. The molecular weight excluding hydrogens is 441 g/mol. The summed E-state index contributed by atoms with van der Waals surface area (Å²) < 4.78 is 37.7. The molecule has 2 aromatic heterocycles. The number of carbonyl (C=O) groups is 2. The number of nitrogens with zero attached hydrogens (tertiary/aromatic N) is 3. The van der Waals surface area contributed by atoms with E-state index in [9.17, 15) is 22.8 Å². The Morgan fingerprint density at radius 1 is 1.06 bits per heavy atom. The highest BCUT2D eigenvalue weighted by Gasteiger charge is 2.48. The SMILES string of the molecule is CC1(Cc2ccncc2-c2ccccn2)NC(=O)N(c2ccc(SC(F)(F)F)cc2)C1=O. The first-order valence-electron chi connectivity index (χ1n) is 9.53. The number of pyridine rings is 2. The van der Waals surface area contributed by atoms with Gasteiger partial charge in [0.1, 0.15) is 5.54 Å². The Bertz CT molecular complexity index is 1160. The number of benzene rings is 1. The van der Waals surface area contributed by atoms with E-state index >= 15 is 0 Å². The predicted molar refractivity (Wildman–Crippen MR) is 114 cm³/mol. The van der Waals surface area contributed by atoms with E-state index in [1.165, 1.54) is 24.3 Å². The minimum Gasteiger partial charge on any atom is -0.323 e. The second kappa shape index (κ2) is 8.27. The van der Waals surface area contributed by atoms with E-state index in [2.05, 4.69) is 15.3 Å². The molecule has 1 saturated heterocycles. The summed E-state index contributed by atoms with van der Waals surface area (Å²) >= 11 is -0.261. The molecule has 1 N–H and O–H groups in total. The third-order valence-corrected chi connectivity index (χ3v) is 5.73. The van der Waals surface area contributed by atoms with Crippen molar-refractivity contribution in [2.45, 2.75) is 29.3 Å². The van der Waals surface area contributed by atoms with E-state index in [4.69, 9.17) is 0 Å². The number of anilines is 1. The Balaban J connectivity index is 1.59. The van der Waals surface area contributed by atoms with E-state index in [1.54, 1.807) is 37.6 Å². The van der Waals surface area contributed by atoms with Crippen molar-refractivity contribution in [1.29, 1.82) is 0 Å². The number of urea groups is 1. The number of hydrogen-bond donors (Lipinski definition) is 1. The number of amides is 3. The summed E-state index contributed by atoms with van der Waals surface area (Å²) in [6, 6.07) is 11.7. The first-order valence-corrected chi connectivity index (χ1v) is 10.3. The van der Waals surface area contributed by atoms with Gasteiger partial charge >= 0.3 is 11.5 Å². The summed E-state index contributed by atoms with van der Waals surface area (Å²) in [5.41, 5.74) is -3.28. The number of alkyl halides is 3. The number of hydrogen-bond acceptors (Lipinski definition) is 5. The minimum absolute atomic E-state index is 0.0344. The molecule has 1 unspecified atom stereocenters. The average molecular weight is 458 g/mol. The van der Waals surface area contributed by atoms with Crippen molar-refractivity contribution in [2.75, 3.05) is 4.90 Å². The fraction of sp³-hybridized carbons (Fsp3) is 0.182. The van der Waals surface area contributed by atoms with Crippen molar-refractivity contribution in [2.24, 2.45) is 0 Å². The van der Waals surface area contributed by atoms with Gasteiger partial charge in [-0.25, -0.2) is 9.69 Å². The van der Waals surface area contributed by atoms with Crippen LogP contribution in [0.25, 0.3) is 11.3 Å². The maximum Gasteiger partial charge on any atom is 0.446 e. The highest BCUT2D eigenvalue weighted by Crippen LogP contribution is 2.38. The topological polar surface area (TPSA) is 75.2 Å². The lowest BCUT2D eigenvalue weighted by Crippen LogP contribution is -2.46. The van der Waals surface area contributed by atoms with Gasteiger partial charge in [-0.2, -0.15) is 13.2 Å². The summed E-state index contributed by atoms with van der Waals surface area (Å²) in [4.78, 5) is 35.3. The fourth-order valence-corrected chi connectivity index (χ4v) is 4.09. The number of thioether (sulfide) groups is 1. The lowest BCUT2D eigenvalue weighted by molar-refractivity contribution is -0.121. The molecule has 1 aromatic carbocycles. The maximum atomic E-state index is 13.2. The summed E-state index contributed by atoms with van der Waals surface area (Å²) in [5, 5.41) is 2.72. The third kappa shape index (κ3) is 4.45. The monoisotopic (exact) mass is 458 g/mol. The van der Waals surface area contributed by atoms with Gasteiger partial charge in [0.15, 0.2) is 0 Å². The summed E-state index contributed by atoms with van der Waals surface area (Å²) in [6.45, 7) is 1.61. The van der Waals surface area contributed by atoms with Gasteiger partial charge < -0.3 is 5.32 Å². The molecule has 32 heavy (non-hydrogen) atoms. The van der Waals surface area contributed by atoms with Crippen LogP contribution in [0, 0.1) is 0 Å². The second-order valence-corrected chi connectivity index (χ2v) is 8.51. The molecule has 0 saturated carbocycles. The van der Waals surface area contributed by atoms with E-state index in [1.807, 2.05) is 12.1 Å². The molecule has 0 aliphatic carbocycles. The predicted octanol–water partition coefficient (Wildman–Crippen LogP) is 4.81. The molecule has 1 aliphatic heterocycles. The third-order valence-electron chi connectivity index (χ3n) is 4.99. The quantitative estimate of drug-likeness (QED) is 0.439. The lowest BCUT2D eigenvalue weighted by atomic mass is 9.90. The number of aromatic nitrogens is 2. The van der Waals surface area contributed by atoms with Crippen LogP contribution >= 0.6 is 11.8 Å². The molecule has 0 bridgehead atoms. The fourth-order valence-electron chi connectivity index (χ4n) is 3.55. The Morgan fingerprint density at radius 2 is 1.81 bits per heavy atom. The molecule has 1 aliphatic rings. The van der Waals surface area contributed by atoms with Crippen LogP contribution in [0.2, 0.25) is 0 Å². The van der Waals surface area contributed by atoms with Crippen LogP contribution in [0.3, 0.4) is 0 Å². The van der Waals surface area contributed by atoms with Crippen LogP contribution in [0.15, 0.2) is 72.0 Å². The van der Waals surface area contributed by atoms with E-state index in [-0.39, 0.29) is 28.8 Å². The van der Waals surface area contributed by atoms with E-state index in [0.717, 1.165) is 16.0 Å². The highest BCUT2D eigenvalue weighted by molar-refractivity contribution is 8.00. The summed E-state index contributed by atoms with van der Waals surface area (Å²) in [7, 11) is 0. The molecule has 3 aromatic rings. The van der Waals surface area contributed by atoms with E-state index in [0.29, 0.717) is 5.69 Å². The molecule has 1 fully saturated rings. The summed E-state index contributed by atoms with van der Waals surface area (Å²) in [6.07, 6.45) is 5.08. The molecule has 10 heteroatoms. The standard InChI is InChI=1S/C22H17F3N4O2S/c1-21(12-14-9-11-26-13-17(14)18-4-2-3-10-27-18)19(30)29(20(31)28-21)15-5-7-16(8-6-15)32-22(23,24)25/h2-11,13H,12H2,1H3,(H,28,31). The highest BCUT2D eigenvalue weighted by atomic mass is 32.2. The zero-order valence-corrected chi connectivity index (χ0v) is 17.6. The molecule has 0 spiro atoms. The first kappa shape index (κ1) is 21.8. The van der Waals surface area contributed by atoms with Crippen LogP contribution in [0.4, 0.5) is 23.7 Å². The molecule has 4 rings (SSSR count). The molecule has 6 nitrogen and oxygen atoms in total. The van der Waals surface area contributed by atoms with Gasteiger partial charge in [0.2, 0.25) is 0 Å². The lowest BCUT2D eigenvalue weighted by Gasteiger charge is -2.23. The Labute approximate surface area is 185 Å². The normalized spacial score (nSPS) is 18.7. The van der Waals surface area contributed by atoms with Gasteiger partial charge in [0.25, 0.3) is 5.91 Å². The van der Waals surface area contributed by atoms with Gasteiger partial charge in [-0.15, -0.1) is 0 Å². The van der Waals surface area contributed by atoms with Crippen LogP contribution in [0.1, 0.15) is 12.5 Å². The van der Waals surface area contributed by atoms with Crippen LogP contribution in [-0.2, 0) is 11.2 Å². The Morgan fingerprint density at radius 3 is 2.47 bits per heavy atom. The van der Waals surface area contributed by atoms with Gasteiger partial charge in [-0.1, -0.05) is 6.07 Å². The Hall–Kier alpha value is -3.40. The molecule has 0 radical (unpaired) electrons. The van der Waals surface area contributed by atoms with Crippen molar-refractivity contribution in [3.05, 3.63) is 72.7 Å². The van der Waals surface area contributed by atoms with Crippen LogP contribution in [-0.4, -0.2) is 33.0 Å². The number of halogens is 3. The number of imide groups is 1. The van der Waals surface area contributed by atoms with E-state index < -0.39 is 23.0 Å². The van der Waals surface area contributed by atoms with Crippen molar-refractivity contribution in [1.82, 2.24) is 15.3 Å². The van der Waals surface area contributed by atoms with Crippen molar-refractivity contribution >= 4 is 29.4 Å². The van der Waals surface area contributed by atoms with Crippen LogP contribution < -0.4 is 10.2 Å². The van der Waals surface area contributed by atoms with Gasteiger partial charge in [-0.05, 0) is 66.7 Å². The van der Waals surface area contributed by atoms with Crippen molar-refractivity contribution in [3.8, 4) is 11.3 Å². The zero-order chi connectivity index (χ0) is 22.9. The van der Waals surface area contributed by atoms with Gasteiger partial charge in [0.05, 0.1) is 11.4 Å². The number of carbonyl (C=O) groups excluding carboxylic acids is 2. The summed E-state index contributed by atoms with van der Waals surface area (Å²) in [5.74, 6) is -0.498. The molecule has 164 valence electrons. The number of nitrogens with one attached hydrogen (secondary N) is 1. The van der Waals surface area contributed by atoms with Crippen LogP contribution in [0.5, 0.6) is 0 Å². The average Bonchev–Trinajstić information content (AvgIpc) is 2.96. The first-order chi connectivity index (χ1) is 15.2. The largest absolute Gasteiger partial charge is 0.446 e. The smallest absolute Gasteiger partial charge is 0.323 e. The van der Waals surface area contributed by atoms with Crippen molar-refractivity contribution < 1.29 is 22.8 Å². The molecular formula is C22H17F3N4O2S. The maximum absolute atomic E-state index is 13.2. The van der Waals surface area contributed by atoms with Gasteiger partial charge in [0, 0.05) is 35.5 Å². The van der Waals surface area contributed by atoms with Crippen molar-refractivity contribution in [3.63, 3.8) is 0 Å². The number of rotatable bonds is 5. The molecule has 1 atom stereocenters. The molecule has 3 heterocycles. The second-order valence-electron chi connectivity index (χ2n) is 7.37. The van der Waals surface area contributed by atoms with Gasteiger partial charge in [-0.3, -0.25) is 14.8 Å².